The summed E-state index contributed by atoms with van der Waals surface area (Å²) in [5, 5.41) is 10.7. The Hall–Kier alpha value is -0.860. The minimum atomic E-state index is -0.785. The third-order valence-corrected chi connectivity index (χ3v) is 4.06. The van der Waals surface area contributed by atoms with E-state index in [-0.39, 0.29) is 11.3 Å². The summed E-state index contributed by atoms with van der Waals surface area (Å²) in [5.74, 6) is 0.206. The molecule has 0 spiro atoms. The summed E-state index contributed by atoms with van der Waals surface area (Å²) in [4.78, 5) is 0. The van der Waals surface area contributed by atoms with Crippen LogP contribution < -0.4 is 0 Å². The van der Waals surface area contributed by atoms with Gasteiger partial charge in [-0.3, -0.25) is 0 Å². The molecular formula is C16H24O2. The molecule has 0 aliphatic carbocycles. The zero-order chi connectivity index (χ0) is 13.4. The molecule has 0 saturated carbocycles. The molecule has 0 radical (unpaired) electrons. The van der Waals surface area contributed by atoms with Crippen molar-refractivity contribution in [2.75, 3.05) is 13.2 Å². The largest absolute Gasteiger partial charge is 0.385 e. The first-order valence-electron chi connectivity index (χ1n) is 6.73. The lowest BCUT2D eigenvalue weighted by molar-refractivity contribution is -0.00973. The molecule has 1 N–H and O–H groups in total. The van der Waals surface area contributed by atoms with Crippen LogP contribution in [0.4, 0.5) is 0 Å². The van der Waals surface area contributed by atoms with Crippen LogP contribution in [-0.4, -0.2) is 18.3 Å². The van der Waals surface area contributed by atoms with Gasteiger partial charge in [-0.25, -0.2) is 0 Å². The molecule has 1 aromatic rings. The Morgan fingerprint density at radius 1 is 1.06 bits per heavy atom. The van der Waals surface area contributed by atoms with Gasteiger partial charge in [-0.05, 0) is 29.9 Å². The van der Waals surface area contributed by atoms with Gasteiger partial charge in [0, 0.05) is 12.5 Å². The maximum Gasteiger partial charge on any atom is 0.0919 e. The van der Waals surface area contributed by atoms with Gasteiger partial charge in [0.2, 0.25) is 0 Å². The van der Waals surface area contributed by atoms with Crippen molar-refractivity contribution in [3.63, 3.8) is 0 Å². The van der Waals surface area contributed by atoms with Crippen molar-refractivity contribution in [3.05, 3.63) is 35.4 Å². The quantitative estimate of drug-likeness (QED) is 0.870. The summed E-state index contributed by atoms with van der Waals surface area (Å²) in [6.07, 6.45) is 0.939. The van der Waals surface area contributed by atoms with E-state index in [2.05, 4.69) is 45.0 Å². The lowest BCUT2D eigenvalue weighted by atomic mass is 9.80. The molecule has 2 unspecified atom stereocenters. The van der Waals surface area contributed by atoms with Crippen LogP contribution in [0.2, 0.25) is 0 Å². The molecule has 2 atom stereocenters. The number of rotatable bonds is 2. The minimum absolute atomic E-state index is 0.154. The molecule has 1 aliphatic heterocycles. The topological polar surface area (TPSA) is 29.5 Å². The van der Waals surface area contributed by atoms with Crippen molar-refractivity contribution < 1.29 is 9.84 Å². The smallest absolute Gasteiger partial charge is 0.0919 e. The summed E-state index contributed by atoms with van der Waals surface area (Å²) >= 11 is 0. The minimum Gasteiger partial charge on any atom is -0.385 e. The highest BCUT2D eigenvalue weighted by molar-refractivity contribution is 5.31. The first kappa shape index (κ1) is 13.6. The van der Waals surface area contributed by atoms with Gasteiger partial charge in [0.15, 0.2) is 0 Å². The van der Waals surface area contributed by atoms with Gasteiger partial charge in [0.1, 0.15) is 0 Å². The third-order valence-electron chi connectivity index (χ3n) is 4.06. The molecule has 1 aliphatic rings. The Bertz CT molecular complexity index is 392. The fraction of sp³-hybridized carbons (Fsp3) is 0.625. The number of aliphatic hydroxyl groups is 1. The van der Waals surface area contributed by atoms with Crippen molar-refractivity contribution in [3.8, 4) is 0 Å². The molecule has 1 fully saturated rings. The van der Waals surface area contributed by atoms with Gasteiger partial charge in [-0.1, -0.05) is 45.0 Å². The molecule has 0 aromatic heterocycles. The predicted molar refractivity (Wildman–Crippen MR) is 73.6 cm³/mol. The van der Waals surface area contributed by atoms with Crippen LogP contribution in [0.5, 0.6) is 0 Å². The molecule has 2 rings (SSSR count). The third kappa shape index (κ3) is 2.60. The molecule has 1 heterocycles. The van der Waals surface area contributed by atoms with Gasteiger partial charge in [-0.2, -0.15) is 0 Å². The highest BCUT2D eigenvalue weighted by Crippen LogP contribution is 2.35. The van der Waals surface area contributed by atoms with Crippen LogP contribution in [0, 0.1) is 5.92 Å². The van der Waals surface area contributed by atoms with E-state index in [1.165, 1.54) is 5.56 Å². The molecule has 0 bridgehead atoms. The number of hydrogen-bond acceptors (Lipinski definition) is 2. The molecule has 1 saturated heterocycles. The first-order valence-corrected chi connectivity index (χ1v) is 6.73. The molecule has 2 heteroatoms. The second-order valence-electron chi connectivity index (χ2n) is 6.54. The lowest BCUT2D eigenvalue weighted by Crippen LogP contribution is -2.32. The van der Waals surface area contributed by atoms with Crippen LogP contribution in [0.25, 0.3) is 0 Å². The van der Waals surface area contributed by atoms with E-state index in [9.17, 15) is 5.11 Å². The average Bonchev–Trinajstić information content (AvgIpc) is 2.82. The van der Waals surface area contributed by atoms with Gasteiger partial charge in [0.25, 0.3) is 0 Å². The van der Waals surface area contributed by atoms with Gasteiger partial charge in [0.05, 0.1) is 12.2 Å². The van der Waals surface area contributed by atoms with Crippen molar-refractivity contribution in [1.29, 1.82) is 0 Å². The van der Waals surface area contributed by atoms with Crippen molar-refractivity contribution in [1.82, 2.24) is 0 Å². The van der Waals surface area contributed by atoms with Gasteiger partial charge >= 0.3 is 0 Å². The predicted octanol–water partition coefficient (Wildman–Crippen LogP) is 3.23. The molecule has 18 heavy (non-hydrogen) atoms. The zero-order valence-corrected chi connectivity index (χ0v) is 11.9. The van der Waals surface area contributed by atoms with E-state index >= 15 is 0 Å². The molecule has 0 amide bonds. The number of ether oxygens (including phenoxy) is 1. The SMILES string of the molecule is CC(C)(C)c1ccc(C(C)(O)C2CCOC2)cc1. The van der Waals surface area contributed by atoms with Gasteiger partial charge in [-0.15, -0.1) is 0 Å². The average molecular weight is 248 g/mol. The number of benzene rings is 1. The summed E-state index contributed by atoms with van der Waals surface area (Å²) in [5.41, 5.74) is 1.66. The van der Waals surface area contributed by atoms with Crippen LogP contribution in [0.15, 0.2) is 24.3 Å². The van der Waals surface area contributed by atoms with Crippen LogP contribution >= 0.6 is 0 Å². The Morgan fingerprint density at radius 3 is 2.06 bits per heavy atom. The molecule has 2 nitrogen and oxygen atoms in total. The summed E-state index contributed by atoms with van der Waals surface area (Å²) in [7, 11) is 0. The maximum atomic E-state index is 10.7. The van der Waals surface area contributed by atoms with Crippen molar-refractivity contribution in [2.45, 2.75) is 45.1 Å². The van der Waals surface area contributed by atoms with E-state index in [0.717, 1.165) is 18.6 Å². The monoisotopic (exact) mass is 248 g/mol. The normalized spacial score (nSPS) is 23.9. The van der Waals surface area contributed by atoms with E-state index in [1.807, 2.05) is 6.92 Å². The van der Waals surface area contributed by atoms with E-state index in [0.29, 0.717) is 6.61 Å². The first-order chi connectivity index (χ1) is 8.32. The second-order valence-corrected chi connectivity index (χ2v) is 6.54. The maximum absolute atomic E-state index is 10.7. The zero-order valence-electron chi connectivity index (χ0n) is 11.9. The Labute approximate surface area is 110 Å². The van der Waals surface area contributed by atoms with Gasteiger partial charge < -0.3 is 9.84 Å². The number of hydrogen-bond donors (Lipinski definition) is 1. The van der Waals surface area contributed by atoms with Crippen LogP contribution in [0.1, 0.15) is 45.2 Å². The highest BCUT2D eigenvalue weighted by atomic mass is 16.5. The van der Waals surface area contributed by atoms with Crippen LogP contribution in [0.3, 0.4) is 0 Å². The fourth-order valence-corrected chi connectivity index (χ4v) is 2.52. The highest BCUT2D eigenvalue weighted by Gasteiger charge is 2.36. The summed E-state index contributed by atoms with van der Waals surface area (Å²) in [6.45, 7) is 9.92. The second kappa shape index (κ2) is 4.67. The van der Waals surface area contributed by atoms with Crippen molar-refractivity contribution in [2.24, 2.45) is 5.92 Å². The van der Waals surface area contributed by atoms with E-state index < -0.39 is 5.60 Å². The van der Waals surface area contributed by atoms with E-state index in [1.54, 1.807) is 0 Å². The standard InChI is InChI=1S/C16H24O2/c1-15(2,3)12-5-7-13(8-6-12)16(4,17)14-9-10-18-11-14/h5-8,14,17H,9-11H2,1-4H3. The Balaban J connectivity index is 2.23. The molecular weight excluding hydrogens is 224 g/mol. The van der Waals surface area contributed by atoms with Crippen molar-refractivity contribution >= 4 is 0 Å². The molecule has 100 valence electrons. The summed E-state index contributed by atoms with van der Waals surface area (Å²) < 4.78 is 5.38. The molecule has 1 aromatic carbocycles. The van der Waals surface area contributed by atoms with Crippen LogP contribution in [-0.2, 0) is 15.8 Å². The summed E-state index contributed by atoms with van der Waals surface area (Å²) in [6, 6.07) is 8.36. The Morgan fingerprint density at radius 2 is 1.61 bits per heavy atom. The fourth-order valence-electron chi connectivity index (χ4n) is 2.52. The van der Waals surface area contributed by atoms with E-state index in [4.69, 9.17) is 4.74 Å². The lowest BCUT2D eigenvalue weighted by Gasteiger charge is -2.30. The Kier molecular flexibility index (Phi) is 3.52.